The molecule has 5 heterocycles. The lowest BCUT2D eigenvalue weighted by Crippen LogP contribution is -2.66. The quantitative estimate of drug-likeness (QED) is 0.403. The van der Waals surface area contributed by atoms with Crippen LogP contribution in [0.1, 0.15) is 6.92 Å². The minimum Gasteiger partial charge on any atom is -0.470 e. The van der Waals surface area contributed by atoms with Crippen molar-refractivity contribution in [3.8, 4) is 17.0 Å². The van der Waals surface area contributed by atoms with E-state index < -0.39 is 17.7 Å². The van der Waals surface area contributed by atoms with Gasteiger partial charge in [-0.3, -0.25) is 4.79 Å². The first-order valence-corrected chi connectivity index (χ1v) is 13.2. The first-order valence-electron chi connectivity index (χ1n) is 12.9. The second kappa shape index (κ2) is 8.77. The Hall–Kier alpha value is -3.47. The van der Waals surface area contributed by atoms with Crippen molar-refractivity contribution in [2.24, 2.45) is 0 Å². The number of hydrogen-bond donors (Lipinski definition) is 1. The van der Waals surface area contributed by atoms with Crippen LogP contribution in [-0.4, -0.2) is 74.3 Å². The van der Waals surface area contributed by atoms with Crippen LogP contribution in [0.15, 0.2) is 34.9 Å². The van der Waals surface area contributed by atoms with Gasteiger partial charge in [-0.1, -0.05) is 11.6 Å². The zero-order valence-electron chi connectivity index (χ0n) is 21.6. The van der Waals surface area contributed by atoms with Crippen LogP contribution in [0.3, 0.4) is 0 Å². The van der Waals surface area contributed by atoms with Crippen molar-refractivity contribution >= 4 is 50.8 Å². The Morgan fingerprint density at radius 1 is 1.18 bits per heavy atom. The molecule has 1 amide bonds. The van der Waals surface area contributed by atoms with Gasteiger partial charge in [0.1, 0.15) is 34.8 Å². The van der Waals surface area contributed by atoms with E-state index in [1.54, 1.807) is 23.1 Å². The van der Waals surface area contributed by atoms with Crippen molar-refractivity contribution in [2.45, 2.75) is 25.1 Å². The van der Waals surface area contributed by atoms with E-state index in [1.807, 2.05) is 30.8 Å². The van der Waals surface area contributed by atoms with E-state index in [4.69, 9.17) is 20.8 Å². The van der Waals surface area contributed by atoms with Gasteiger partial charge in [-0.15, -0.1) is 0 Å². The van der Waals surface area contributed by atoms with Crippen LogP contribution in [0.2, 0.25) is 5.02 Å². The molecule has 8 nitrogen and oxygen atoms in total. The van der Waals surface area contributed by atoms with Gasteiger partial charge in [0.25, 0.3) is 5.91 Å². The summed E-state index contributed by atoms with van der Waals surface area (Å²) in [4.78, 5) is 24.0. The SMILES string of the molecule is C[C@@H]1CN2c3c4c(nc5c(F)c(-c6c(F)ccc7ccoc67)c(Cl)cc35)O[C@H](CN(C)C)CN4C(=O)[C@H]2CN1. The molecule has 2 aromatic carbocycles. The number of carbonyl (C=O) groups excluding carboxylic acids is 1. The largest absolute Gasteiger partial charge is 0.470 e. The smallest absolute Gasteiger partial charge is 0.251 e. The fourth-order valence-electron chi connectivity index (χ4n) is 6.12. The molecule has 3 aliphatic rings. The molecule has 2 aromatic heterocycles. The number of nitrogens with one attached hydrogen (secondary N) is 1. The molecule has 1 fully saturated rings. The molecule has 0 saturated carbocycles. The highest BCUT2D eigenvalue weighted by molar-refractivity contribution is 6.35. The van der Waals surface area contributed by atoms with Gasteiger partial charge in [-0.05, 0) is 45.3 Å². The first kappa shape index (κ1) is 24.6. The average molecular weight is 554 g/mol. The zero-order chi connectivity index (χ0) is 27.2. The number of carbonyl (C=O) groups is 1. The van der Waals surface area contributed by atoms with Gasteiger partial charge < -0.3 is 29.2 Å². The van der Waals surface area contributed by atoms with E-state index in [0.717, 1.165) is 0 Å². The molecule has 202 valence electrons. The molecule has 39 heavy (non-hydrogen) atoms. The number of aromatic nitrogens is 1. The summed E-state index contributed by atoms with van der Waals surface area (Å²) in [5.41, 5.74) is 1.18. The van der Waals surface area contributed by atoms with Crippen LogP contribution in [0, 0.1) is 11.6 Å². The number of benzene rings is 2. The minimum absolute atomic E-state index is 0.00385. The Bertz CT molecular complexity index is 1670. The number of amides is 1. The van der Waals surface area contributed by atoms with Crippen LogP contribution in [0.4, 0.5) is 20.2 Å². The molecule has 1 N–H and O–H groups in total. The molecule has 0 unspecified atom stereocenters. The predicted octanol–water partition coefficient (Wildman–Crippen LogP) is 4.42. The lowest BCUT2D eigenvalue weighted by molar-refractivity contribution is -0.121. The van der Waals surface area contributed by atoms with Crippen molar-refractivity contribution in [3.63, 3.8) is 0 Å². The third-order valence-electron chi connectivity index (χ3n) is 7.76. The molecule has 0 aliphatic carbocycles. The van der Waals surface area contributed by atoms with Crippen LogP contribution in [0.25, 0.3) is 33.0 Å². The van der Waals surface area contributed by atoms with Gasteiger partial charge in [0.15, 0.2) is 5.82 Å². The van der Waals surface area contributed by atoms with Crippen LogP contribution >= 0.6 is 11.6 Å². The van der Waals surface area contributed by atoms with Crippen molar-refractivity contribution in [1.82, 2.24) is 15.2 Å². The highest BCUT2D eigenvalue weighted by atomic mass is 35.5. The molecule has 0 radical (unpaired) electrons. The minimum atomic E-state index is -0.777. The number of halogens is 3. The monoisotopic (exact) mass is 553 g/mol. The molecule has 3 atom stereocenters. The summed E-state index contributed by atoms with van der Waals surface area (Å²) < 4.78 is 43.6. The molecule has 1 saturated heterocycles. The van der Waals surface area contributed by atoms with E-state index in [2.05, 4.69) is 10.3 Å². The van der Waals surface area contributed by atoms with E-state index in [0.29, 0.717) is 48.3 Å². The molecule has 4 aromatic rings. The molecular formula is C28H26ClF2N5O3. The summed E-state index contributed by atoms with van der Waals surface area (Å²) in [6.45, 7) is 3.91. The van der Waals surface area contributed by atoms with E-state index >= 15 is 8.78 Å². The molecular weight excluding hydrogens is 528 g/mol. The van der Waals surface area contributed by atoms with Crippen molar-refractivity contribution in [2.75, 3.05) is 50.1 Å². The highest BCUT2D eigenvalue weighted by Crippen LogP contribution is 2.51. The van der Waals surface area contributed by atoms with Crippen molar-refractivity contribution < 1.29 is 22.7 Å². The molecule has 0 spiro atoms. The number of ether oxygens (including phenoxy) is 1. The van der Waals surface area contributed by atoms with Gasteiger partial charge in [0.05, 0.1) is 29.1 Å². The van der Waals surface area contributed by atoms with Crippen molar-refractivity contribution in [1.29, 1.82) is 0 Å². The summed E-state index contributed by atoms with van der Waals surface area (Å²) in [6, 6.07) is 5.75. The lowest BCUT2D eigenvalue weighted by atomic mass is 9.95. The number of hydrogen-bond acceptors (Lipinski definition) is 7. The van der Waals surface area contributed by atoms with E-state index in [9.17, 15) is 4.79 Å². The van der Waals surface area contributed by atoms with Crippen LogP contribution < -0.4 is 19.9 Å². The number of anilines is 2. The summed E-state index contributed by atoms with van der Waals surface area (Å²) in [5.74, 6) is -1.31. The van der Waals surface area contributed by atoms with Crippen LogP contribution in [-0.2, 0) is 4.79 Å². The van der Waals surface area contributed by atoms with Gasteiger partial charge in [-0.25, -0.2) is 13.8 Å². The van der Waals surface area contributed by atoms with Crippen molar-refractivity contribution in [3.05, 3.63) is 47.2 Å². The number of nitrogens with zero attached hydrogens (tertiary/aromatic N) is 4. The van der Waals surface area contributed by atoms with Gasteiger partial charge in [-0.2, -0.15) is 0 Å². The number of fused-ring (bicyclic) bond motifs is 5. The topological polar surface area (TPSA) is 74.1 Å². The third-order valence-corrected chi connectivity index (χ3v) is 8.05. The summed E-state index contributed by atoms with van der Waals surface area (Å²) >= 11 is 6.74. The number of pyridine rings is 1. The van der Waals surface area contributed by atoms with E-state index in [1.165, 1.54) is 12.3 Å². The lowest BCUT2D eigenvalue weighted by Gasteiger charge is -2.49. The summed E-state index contributed by atoms with van der Waals surface area (Å²) in [5, 5.41) is 4.47. The Morgan fingerprint density at radius 2 is 2.00 bits per heavy atom. The maximum Gasteiger partial charge on any atom is 0.251 e. The Morgan fingerprint density at radius 3 is 2.79 bits per heavy atom. The highest BCUT2D eigenvalue weighted by Gasteiger charge is 2.47. The first-order chi connectivity index (χ1) is 18.7. The third kappa shape index (κ3) is 3.62. The Balaban J connectivity index is 1.53. The fourth-order valence-corrected chi connectivity index (χ4v) is 6.41. The predicted molar refractivity (Wildman–Crippen MR) is 146 cm³/mol. The number of furan rings is 1. The maximum absolute atomic E-state index is 16.6. The normalized spacial score (nSPS) is 22.4. The molecule has 3 aliphatic heterocycles. The standard InChI is InChI=1S/C28H26ClF2N5O3/c1-13-10-35-19(9-32-13)28(37)36-12-15(11-34(2)3)39-27-25(36)24(35)16-8-17(29)20(22(31)23(16)33-27)21-18(30)5-4-14-6-7-38-26(14)21/h4-8,13,15,19,32H,9-12H2,1-3H3/t13-,15-,19-/m1/s1. The van der Waals surface area contributed by atoms with Gasteiger partial charge in [0.2, 0.25) is 5.88 Å². The summed E-state index contributed by atoms with van der Waals surface area (Å²) in [7, 11) is 3.84. The maximum atomic E-state index is 16.6. The molecule has 11 heteroatoms. The van der Waals surface area contributed by atoms with Crippen LogP contribution in [0.5, 0.6) is 5.88 Å². The van der Waals surface area contributed by atoms with Gasteiger partial charge in [0, 0.05) is 42.0 Å². The number of rotatable bonds is 3. The Labute approximate surface area is 228 Å². The summed E-state index contributed by atoms with van der Waals surface area (Å²) in [6.07, 6.45) is 1.07. The van der Waals surface area contributed by atoms with E-state index in [-0.39, 0.29) is 51.2 Å². The Kier molecular flexibility index (Phi) is 5.52. The molecule has 7 rings (SSSR count). The zero-order valence-corrected chi connectivity index (χ0v) is 22.4. The second-order valence-electron chi connectivity index (χ2n) is 10.7. The molecule has 0 bridgehead atoms. The number of likely N-dealkylation sites (N-methyl/N-ethyl adjacent to an activating group) is 1. The fraction of sp³-hybridized carbons (Fsp3) is 0.357. The number of piperazine rings is 1. The second-order valence-corrected chi connectivity index (χ2v) is 11.2. The van der Waals surface area contributed by atoms with Gasteiger partial charge >= 0.3 is 0 Å². The average Bonchev–Trinajstić information content (AvgIpc) is 3.36.